The Labute approximate surface area is 128 Å². The summed E-state index contributed by atoms with van der Waals surface area (Å²) in [5.41, 5.74) is 2.20. The molecular formula is C20H27N. The summed E-state index contributed by atoms with van der Waals surface area (Å²) in [4.78, 5) is 0. The summed E-state index contributed by atoms with van der Waals surface area (Å²) in [7, 11) is 0. The fourth-order valence-corrected chi connectivity index (χ4v) is 3.40. The lowest BCUT2D eigenvalue weighted by Gasteiger charge is -2.44. The molecule has 0 spiro atoms. The molecule has 0 unspecified atom stereocenters. The predicted octanol–water partition coefficient (Wildman–Crippen LogP) is 4.94. The molecule has 0 radical (unpaired) electrons. The van der Waals surface area contributed by atoms with E-state index in [2.05, 4.69) is 68.6 Å². The van der Waals surface area contributed by atoms with E-state index in [1.807, 2.05) is 0 Å². The Morgan fingerprint density at radius 1 is 1.00 bits per heavy atom. The van der Waals surface area contributed by atoms with Crippen LogP contribution in [0.15, 0.2) is 42.5 Å². The van der Waals surface area contributed by atoms with Crippen molar-refractivity contribution in [1.82, 2.24) is 5.32 Å². The third-order valence-electron chi connectivity index (χ3n) is 4.85. The molecule has 1 nitrogen and oxygen atoms in total. The van der Waals surface area contributed by atoms with Crippen LogP contribution in [-0.4, -0.2) is 12.1 Å². The van der Waals surface area contributed by atoms with Crippen molar-refractivity contribution in [3.63, 3.8) is 0 Å². The third-order valence-corrected chi connectivity index (χ3v) is 4.85. The zero-order chi connectivity index (χ0) is 14.9. The van der Waals surface area contributed by atoms with Gasteiger partial charge in [0.2, 0.25) is 0 Å². The molecule has 0 aromatic heterocycles. The minimum atomic E-state index is 0.210. The lowest BCUT2D eigenvalue weighted by Crippen LogP contribution is -2.48. The quantitative estimate of drug-likeness (QED) is 0.837. The summed E-state index contributed by atoms with van der Waals surface area (Å²) >= 11 is 0. The minimum Gasteiger partial charge on any atom is -0.312 e. The zero-order valence-corrected chi connectivity index (χ0v) is 13.6. The standard InChI is InChI=1S/C20H27N/c1-19(2,3)21-15-20(12-7-13-20)14-17-10-6-9-16-8-4-5-11-18(16)17/h4-6,8-11,21H,7,12-15H2,1-3H3. The topological polar surface area (TPSA) is 12.0 Å². The molecule has 1 fully saturated rings. The fourth-order valence-electron chi connectivity index (χ4n) is 3.40. The van der Waals surface area contributed by atoms with Crippen molar-refractivity contribution in [3.8, 4) is 0 Å². The highest BCUT2D eigenvalue weighted by Gasteiger charge is 2.37. The summed E-state index contributed by atoms with van der Waals surface area (Å²) < 4.78 is 0. The number of hydrogen-bond donors (Lipinski definition) is 1. The van der Waals surface area contributed by atoms with Gasteiger partial charge in [0, 0.05) is 12.1 Å². The molecule has 21 heavy (non-hydrogen) atoms. The zero-order valence-electron chi connectivity index (χ0n) is 13.6. The van der Waals surface area contributed by atoms with E-state index in [1.54, 1.807) is 0 Å². The lowest BCUT2D eigenvalue weighted by molar-refractivity contribution is 0.119. The summed E-state index contributed by atoms with van der Waals surface area (Å²) in [5, 5.41) is 6.53. The number of hydrogen-bond acceptors (Lipinski definition) is 1. The fraction of sp³-hybridized carbons (Fsp3) is 0.500. The molecule has 0 bridgehead atoms. The molecule has 1 N–H and O–H groups in total. The molecule has 0 saturated heterocycles. The van der Waals surface area contributed by atoms with E-state index >= 15 is 0 Å². The molecule has 1 aliphatic rings. The SMILES string of the molecule is CC(C)(C)NCC1(Cc2cccc3ccccc23)CCC1. The van der Waals surface area contributed by atoms with Gasteiger partial charge in [-0.3, -0.25) is 0 Å². The molecule has 1 heteroatoms. The average molecular weight is 281 g/mol. The Morgan fingerprint density at radius 3 is 2.38 bits per heavy atom. The van der Waals surface area contributed by atoms with Gasteiger partial charge in [0.15, 0.2) is 0 Å². The van der Waals surface area contributed by atoms with Crippen LogP contribution >= 0.6 is 0 Å². The van der Waals surface area contributed by atoms with Crippen LogP contribution < -0.4 is 5.32 Å². The van der Waals surface area contributed by atoms with Crippen molar-refractivity contribution >= 4 is 10.8 Å². The molecule has 1 saturated carbocycles. The first-order valence-corrected chi connectivity index (χ1v) is 8.19. The molecule has 0 atom stereocenters. The van der Waals surface area contributed by atoms with Crippen LogP contribution in [0.3, 0.4) is 0 Å². The first-order chi connectivity index (χ1) is 9.98. The smallest absolute Gasteiger partial charge is 0.00967 e. The van der Waals surface area contributed by atoms with Gasteiger partial charge >= 0.3 is 0 Å². The van der Waals surface area contributed by atoms with E-state index in [-0.39, 0.29) is 5.54 Å². The number of benzene rings is 2. The van der Waals surface area contributed by atoms with Crippen LogP contribution in [0, 0.1) is 5.41 Å². The second-order valence-electron chi connectivity index (χ2n) is 7.77. The molecule has 3 rings (SSSR count). The minimum absolute atomic E-state index is 0.210. The second kappa shape index (κ2) is 5.46. The van der Waals surface area contributed by atoms with Crippen molar-refractivity contribution in [1.29, 1.82) is 0 Å². The van der Waals surface area contributed by atoms with E-state index < -0.39 is 0 Å². The molecule has 0 amide bonds. The van der Waals surface area contributed by atoms with Crippen LogP contribution in [0.5, 0.6) is 0 Å². The van der Waals surface area contributed by atoms with Crippen molar-refractivity contribution in [2.45, 2.75) is 52.0 Å². The second-order valence-corrected chi connectivity index (χ2v) is 7.77. The Morgan fingerprint density at radius 2 is 1.71 bits per heavy atom. The number of fused-ring (bicyclic) bond motifs is 1. The van der Waals surface area contributed by atoms with Crippen molar-refractivity contribution in [2.24, 2.45) is 5.41 Å². The Bertz CT molecular complexity index is 612. The number of nitrogens with one attached hydrogen (secondary N) is 1. The van der Waals surface area contributed by atoms with E-state index in [0.717, 1.165) is 6.54 Å². The van der Waals surface area contributed by atoms with Crippen LogP contribution in [-0.2, 0) is 6.42 Å². The number of rotatable bonds is 4. The van der Waals surface area contributed by atoms with Gasteiger partial charge < -0.3 is 5.32 Å². The van der Waals surface area contributed by atoms with Crippen LogP contribution in [0.4, 0.5) is 0 Å². The highest BCUT2D eigenvalue weighted by atomic mass is 15.0. The molecule has 2 aromatic rings. The summed E-state index contributed by atoms with van der Waals surface area (Å²) in [5.74, 6) is 0. The largest absolute Gasteiger partial charge is 0.312 e. The van der Waals surface area contributed by atoms with E-state index in [1.165, 1.54) is 42.0 Å². The molecule has 1 aliphatic carbocycles. The van der Waals surface area contributed by atoms with Crippen molar-refractivity contribution in [2.75, 3.05) is 6.54 Å². The Balaban J connectivity index is 1.83. The Kier molecular flexibility index (Phi) is 3.79. The van der Waals surface area contributed by atoms with Crippen LogP contribution in [0.1, 0.15) is 45.6 Å². The average Bonchev–Trinajstić information content (AvgIpc) is 2.41. The van der Waals surface area contributed by atoms with Gasteiger partial charge in [0.25, 0.3) is 0 Å². The van der Waals surface area contributed by atoms with Crippen molar-refractivity contribution in [3.05, 3.63) is 48.0 Å². The van der Waals surface area contributed by atoms with Gasteiger partial charge in [0.05, 0.1) is 0 Å². The van der Waals surface area contributed by atoms with Crippen molar-refractivity contribution < 1.29 is 0 Å². The van der Waals surface area contributed by atoms with Gasteiger partial charge in [-0.25, -0.2) is 0 Å². The molecule has 112 valence electrons. The van der Waals surface area contributed by atoms with Gasteiger partial charge in [0.1, 0.15) is 0 Å². The first kappa shape index (κ1) is 14.6. The predicted molar refractivity (Wildman–Crippen MR) is 91.7 cm³/mol. The maximum absolute atomic E-state index is 3.73. The van der Waals surface area contributed by atoms with Crippen LogP contribution in [0.25, 0.3) is 10.8 Å². The maximum Gasteiger partial charge on any atom is 0.00967 e. The summed E-state index contributed by atoms with van der Waals surface area (Å²) in [6.07, 6.45) is 5.31. The highest BCUT2D eigenvalue weighted by Crippen LogP contribution is 2.44. The molecular weight excluding hydrogens is 254 g/mol. The van der Waals surface area contributed by atoms with Crippen LogP contribution in [0.2, 0.25) is 0 Å². The third kappa shape index (κ3) is 3.29. The van der Waals surface area contributed by atoms with E-state index in [0.29, 0.717) is 5.41 Å². The highest BCUT2D eigenvalue weighted by molar-refractivity contribution is 5.85. The monoisotopic (exact) mass is 281 g/mol. The maximum atomic E-state index is 3.73. The summed E-state index contributed by atoms with van der Waals surface area (Å²) in [6.45, 7) is 7.92. The van der Waals surface area contributed by atoms with E-state index in [4.69, 9.17) is 0 Å². The van der Waals surface area contributed by atoms with Gasteiger partial charge in [-0.05, 0) is 61.8 Å². The van der Waals surface area contributed by atoms with E-state index in [9.17, 15) is 0 Å². The molecule has 0 aliphatic heterocycles. The molecule has 0 heterocycles. The molecule has 2 aromatic carbocycles. The van der Waals surface area contributed by atoms with Gasteiger partial charge in [-0.15, -0.1) is 0 Å². The first-order valence-electron chi connectivity index (χ1n) is 8.19. The summed E-state index contributed by atoms with van der Waals surface area (Å²) in [6, 6.07) is 15.5. The van der Waals surface area contributed by atoms with Gasteiger partial charge in [-0.2, -0.15) is 0 Å². The van der Waals surface area contributed by atoms with Gasteiger partial charge in [-0.1, -0.05) is 48.9 Å². The lowest BCUT2D eigenvalue weighted by atomic mass is 9.65. The Hall–Kier alpha value is -1.34. The normalized spacial score (nSPS) is 17.7.